The first kappa shape index (κ1) is 13.6. The predicted molar refractivity (Wildman–Crippen MR) is 75.2 cm³/mol. The summed E-state index contributed by atoms with van der Waals surface area (Å²) in [4.78, 5) is 12.2. The monoisotopic (exact) mass is 275 g/mol. The quantitative estimate of drug-likeness (QED) is 0.858. The van der Waals surface area contributed by atoms with Crippen LogP contribution in [0.25, 0.3) is 0 Å². The van der Waals surface area contributed by atoms with Crippen LogP contribution >= 0.6 is 0 Å². The molecule has 4 heteroatoms. The largest absolute Gasteiger partial charge is 0.456 e. The Hall–Kier alpha value is -1.39. The molecular formula is C16H21NO3. The highest BCUT2D eigenvalue weighted by Gasteiger charge is 2.33. The van der Waals surface area contributed by atoms with Crippen molar-refractivity contribution in [1.29, 1.82) is 0 Å². The van der Waals surface area contributed by atoms with Crippen LogP contribution in [0.2, 0.25) is 0 Å². The van der Waals surface area contributed by atoms with Gasteiger partial charge in [-0.3, -0.25) is 0 Å². The van der Waals surface area contributed by atoms with Crippen LogP contribution in [-0.2, 0) is 20.7 Å². The average Bonchev–Trinajstić information content (AvgIpc) is 2.97. The predicted octanol–water partition coefficient (Wildman–Crippen LogP) is 2.11. The number of ether oxygens (including phenoxy) is 2. The number of carbonyl (C=O) groups is 1. The van der Waals surface area contributed by atoms with Gasteiger partial charge < -0.3 is 15.2 Å². The zero-order valence-corrected chi connectivity index (χ0v) is 11.6. The van der Waals surface area contributed by atoms with E-state index in [0.29, 0.717) is 6.54 Å². The van der Waals surface area contributed by atoms with Gasteiger partial charge >= 0.3 is 5.97 Å². The number of hydrogen-bond acceptors (Lipinski definition) is 4. The first-order valence-electron chi connectivity index (χ1n) is 7.41. The second kappa shape index (κ2) is 5.94. The SMILES string of the molecule is NCC1CCC(C(=O)OC2CCCc3ccccc32)O1. The zero-order chi connectivity index (χ0) is 13.9. The van der Waals surface area contributed by atoms with E-state index in [9.17, 15) is 4.79 Å². The highest BCUT2D eigenvalue weighted by atomic mass is 16.6. The molecule has 0 bridgehead atoms. The third kappa shape index (κ3) is 2.72. The van der Waals surface area contributed by atoms with Crippen molar-refractivity contribution in [3.05, 3.63) is 35.4 Å². The number of fused-ring (bicyclic) bond motifs is 1. The van der Waals surface area contributed by atoms with Crippen molar-refractivity contribution in [1.82, 2.24) is 0 Å². The number of benzene rings is 1. The van der Waals surface area contributed by atoms with E-state index in [1.54, 1.807) is 0 Å². The minimum atomic E-state index is -0.433. The molecule has 4 nitrogen and oxygen atoms in total. The van der Waals surface area contributed by atoms with Crippen LogP contribution in [0.5, 0.6) is 0 Å². The molecule has 0 amide bonds. The highest BCUT2D eigenvalue weighted by molar-refractivity contribution is 5.75. The van der Waals surface area contributed by atoms with Crippen LogP contribution in [0.1, 0.15) is 42.9 Å². The normalized spacial score (nSPS) is 28.9. The summed E-state index contributed by atoms with van der Waals surface area (Å²) in [7, 11) is 0. The smallest absolute Gasteiger partial charge is 0.335 e. The van der Waals surface area contributed by atoms with Crippen molar-refractivity contribution >= 4 is 5.97 Å². The molecule has 1 saturated heterocycles. The van der Waals surface area contributed by atoms with Gasteiger partial charge in [0.1, 0.15) is 6.10 Å². The Labute approximate surface area is 119 Å². The van der Waals surface area contributed by atoms with Crippen molar-refractivity contribution in [2.24, 2.45) is 5.73 Å². The summed E-state index contributed by atoms with van der Waals surface area (Å²) in [6.45, 7) is 0.468. The van der Waals surface area contributed by atoms with Gasteiger partial charge in [0.2, 0.25) is 0 Å². The molecule has 20 heavy (non-hydrogen) atoms. The summed E-state index contributed by atoms with van der Waals surface area (Å²) < 4.78 is 11.3. The van der Waals surface area contributed by atoms with Gasteiger partial charge in [0.25, 0.3) is 0 Å². The van der Waals surface area contributed by atoms with Crippen molar-refractivity contribution in [2.45, 2.75) is 50.4 Å². The Morgan fingerprint density at radius 2 is 2.15 bits per heavy atom. The molecule has 3 unspecified atom stereocenters. The van der Waals surface area contributed by atoms with E-state index in [1.165, 1.54) is 5.56 Å². The second-order valence-corrected chi connectivity index (χ2v) is 5.58. The fourth-order valence-electron chi connectivity index (χ4n) is 3.10. The maximum Gasteiger partial charge on any atom is 0.335 e. The molecule has 3 atom stereocenters. The molecule has 1 aromatic carbocycles. The Kier molecular flexibility index (Phi) is 4.03. The van der Waals surface area contributed by atoms with Crippen LogP contribution in [0.15, 0.2) is 24.3 Å². The zero-order valence-electron chi connectivity index (χ0n) is 11.6. The van der Waals surface area contributed by atoms with Gasteiger partial charge in [0.05, 0.1) is 6.10 Å². The van der Waals surface area contributed by atoms with Gasteiger partial charge in [0, 0.05) is 6.54 Å². The molecule has 0 saturated carbocycles. The van der Waals surface area contributed by atoms with Gasteiger partial charge in [-0.2, -0.15) is 0 Å². The van der Waals surface area contributed by atoms with Crippen LogP contribution in [0, 0.1) is 0 Å². The number of carbonyl (C=O) groups excluding carboxylic acids is 1. The molecular weight excluding hydrogens is 254 g/mol. The molecule has 1 aliphatic carbocycles. The third-order valence-corrected chi connectivity index (χ3v) is 4.21. The van der Waals surface area contributed by atoms with Gasteiger partial charge in [-0.1, -0.05) is 24.3 Å². The number of esters is 1. The summed E-state index contributed by atoms with van der Waals surface area (Å²) in [6, 6.07) is 8.22. The van der Waals surface area contributed by atoms with Crippen LogP contribution < -0.4 is 5.73 Å². The van der Waals surface area contributed by atoms with E-state index in [1.807, 2.05) is 12.1 Å². The van der Waals surface area contributed by atoms with E-state index >= 15 is 0 Å². The molecule has 2 aliphatic rings. The van der Waals surface area contributed by atoms with E-state index in [-0.39, 0.29) is 18.2 Å². The minimum Gasteiger partial charge on any atom is -0.456 e. The van der Waals surface area contributed by atoms with E-state index in [4.69, 9.17) is 15.2 Å². The maximum absolute atomic E-state index is 12.2. The average molecular weight is 275 g/mol. The van der Waals surface area contributed by atoms with E-state index in [2.05, 4.69) is 12.1 Å². The lowest BCUT2D eigenvalue weighted by molar-refractivity contribution is -0.162. The first-order chi connectivity index (χ1) is 9.78. The van der Waals surface area contributed by atoms with Crippen LogP contribution in [0.3, 0.4) is 0 Å². The Bertz CT molecular complexity index is 488. The number of rotatable bonds is 3. The maximum atomic E-state index is 12.2. The molecule has 1 aromatic rings. The van der Waals surface area contributed by atoms with Gasteiger partial charge in [-0.15, -0.1) is 0 Å². The van der Waals surface area contributed by atoms with E-state index in [0.717, 1.165) is 37.7 Å². The summed E-state index contributed by atoms with van der Waals surface area (Å²) in [5, 5.41) is 0. The number of hydrogen-bond donors (Lipinski definition) is 1. The minimum absolute atomic E-state index is 0.00573. The van der Waals surface area contributed by atoms with E-state index < -0.39 is 6.10 Å². The molecule has 2 N–H and O–H groups in total. The Morgan fingerprint density at radius 1 is 1.30 bits per heavy atom. The Morgan fingerprint density at radius 3 is 2.95 bits per heavy atom. The molecule has 0 aromatic heterocycles. The van der Waals surface area contributed by atoms with Gasteiger partial charge in [-0.05, 0) is 43.2 Å². The summed E-state index contributed by atoms with van der Waals surface area (Å²) >= 11 is 0. The van der Waals surface area contributed by atoms with Crippen molar-refractivity contribution in [3.63, 3.8) is 0 Å². The number of nitrogens with two attached hydrogens (primary N) is 1. The van der Waals surface area contributed by atoms with Crippen LogP contribution in [-0.4, -0.2) is 24.7 Å². The lowest BCUT2D eigenvalue weighted by atomic mass is 9.89. The molecule has 1 fully saturated rings. The van der Waals surface area contributed by atoms with Crippen molar-refractivity contribution in [2.75, 3.05) is 6.54 Å². The summed E-state index contributed by atoms with van der Waals surface area (Å²) in [5.41, 5.74) is 8.01. The lowest BCUT2D eigenvalue weighted by Gasteiger charge is -2.26. The van der Waals surface area contributed by atoms with Gasteiger partial charge in [0.15, 0.2) is 6.10 Å². The molecule has 108 valence electrons. The van der Waals surface area contributed by atoms with Crippen molar-refractivity contribution < 1.29 is 14.3 Å². The molecule has 1 heterocycles. The fraction of sp³-hybridized carbons (Fsp3) is 0.562. The molecule has 0 radical (unpaired) electrons. The van der Waals surface area contributed by atoms with Crippen molar-refractivity contribution in [3.8, 4) is 0 Å². The fourth-order valence-corrected chi connectivity index (χ4v) is 3.10. The lowest BCUT2D eigenvalue weighted by Crippen LogP contribution is -2.28. The first-order valence-corrected chi connectivity index (χ1v) is 7.41. The third-order valence-electron chi connectivity index (χ3n) is 4.21. The molecule has 3 rings (SSSR count). The highest BCUT2D eigenvalue weighted by Crippen LogP contribution is 2.33. The standard InChI is InChI=1S/C16H21NO3/c17-10-12-8-9-15(19-12)16(18)20-14-7-3-5-11-4-1-2-6-13(11)14/h1-2,4,6,12,14-15H,3,5,7-10,17H2. The molecule has 1 aliphatic heterocycles. The summed E-state index contributed by atoms with van der Waals surface area (Å²) in [5.74, 6) is -0.234. The summed E-state index contributed by atoms with van der Waals surface area (Å²) in [6.07, 6.45) is 4.05. The second-order valence-electron chi connectivity index (χ2n) is 5.58. The van der Waals surface area contributed by atoms with Crippen LogP contribution in [0.4, 0.5) is 0 Å². The molecule has 0 spiro atoms. The topological polar surface area (TPSA) is 61.6 Å². The van der Waals surface area contributed by atoms with Gasteiger partial charge in [-0.25, -0.2) is 4.79 Å². The number of aryl methyl sites for hydroxylation is 1. The Balaban J connectivity index is 1.65.